The van der Waals surface area contributed by atoms with Gasteiger partial charge in [-0.3, -0.25) is 9.69 Å². The van der Waals surface area contributed by atoms with Crippen LogP contribution < -0.4 is 0 Å². The van der Waals surface area contributed by atoms with E-state index in [2.05, 4.69) is 23.1 Å². The van der Waals surface area contributed by atoms with Crippen molar-refractivity contribution in [2.24, 2.45) is 0 Å². The Labute approximate surface area is 161 Å². The molecule has 6 heteroatoms. The highest BCUT2D eigenvalue weighted by Crippen LogP contribution is 2.40. The minimum Gasteiger partial charge on any atom is -0.385 e. The molecule has 1 aliphatic carbocycles. The van der Waals surface area contributed by atoms with Crippen LogP contribution in [-0.2, 0) is 4.74 Å². The maximum absolute atomic E-state index is 13.3. The maximum Gasteiger partial charge on any atom is 0.274 e. The summed E-state index contributed by atoms with van der Waals surface area (Å²) in [6.45, 7) is 7.72. The van der Waals surface area contributed by atoms with Crippen molar-refractivity contribution in [3.8, 4) is 0 Å². The standard InChI is InChI=1S/C21H30N4O2/c1-15-13-23(14-16(2)24(15)11-6-12-27-3)21(26)19-18-7-4-5-10-25(18)20(22-19)17-8-9-17/h4-5,7,10,15-17H,6,8-9,11-14H2,1-3H3. The monoisotopic (exact) mass is 370 g/mol. The van der Waals surface area contributed by atoms with E-state index in [0.717, 1.165) is 44.0 Å². The SMILES string of the molecule is COCCCN1C(C)CN(C(=O)c2nc(C3CC3)n3ccccc23)CC1C. The van der Waals surface area contributed by atoms with E-state index in [1.807, 2.05) is 29.3 Å². The van der Waals surface area contributed by atoms with Gasteiger partial charge < -0.3 is 14.0 Å². The third-order valence-electron chi connectivity index (χ3n) is 5.87. The lowest BCUT2D eigenvalue weighted by Gasteiger charge is -2.44. The zero-order valence-electron chi connectivity index (χ0n) is 16.6. The first-order valence-corrected chi connectivity index (χ1v) is 10.1. The molecular weight excluding hydrogens is 340 g/mol. The molecule has 6 nitrogen and oxygen atoms in total. The number of fused-ring (bicyclic) bond motifs is 1. The lowest BCUT2D eigenvalue weighted by atomic mass is 10.1. The number of carbonyl (C=O) groups is 1. The minimum atomic E-state index is 0.0702. The van der Waals surface area contributed by atoms with Gasteiger partial charge in [0, 0.05) is 57.5 Å². The third kappa shape index (κ3) is 3.60. The molecule has 2 aliphatic rings. The number of nitrogens with zero attached hydrogens (tertiary/aromatic N) is 4. The fourth-order valence-corrected chi connectivity index (χ4v) is 4.35. The number of methoxy groups -OCH3 is 1. The molecule has 2 aromatic heterocycles. The molecule has 0 bridgehead atoms. The first-order valence-electron chi connectivity index (χ1n) is 10.1. The fourth-order valence-electron chi connectivity index (χ4n) is 4.35. The van der Waals surface area contributed by atoms with E-state index in [-0.39, 0.29) is 5.91 Å². The highest BCUT2D eigenvalue weighted by Gasteiger charge is 2.35. The number of carbonyl (C=O) groups excluding carboxylic acids is 1. The Bertz CT molecular complexity index is 802. The van der Waals surface area contributed by atoms with Crippen LogP contribution in [-0.4, -0.2) is 70.5 Å². The lowest BCUT2D eigenvalue weighted by molar-refractivity contribution is 0.0268. The van der Waals surface area contributed by atoms with Gasteiger partial charge in [-0.25, -0.2) is 4.98 Å². The second-order valence-corrected chi connectivity index (χ2v) is 8.04. The van der Waals surface area contributed by atoms with Gasteiger partial charge in [-0.15, -0.1) is 0 Å². The molecule has 4 rings (SSSR count). The highest BCUT2D eigenvalue weighted by molar-refractivity contribution is 5.99. The molecule has 0 N–H and O–H groups in total. The number of pyridine rings is 1. The molecule has 1 amide bonds. The molecular formula is C21H30N4O2. The van der Waals surface area contributed by atoms with Crippen molar-refractivity contribution < 1.29 is 9.53 Å². The quantitative estimate of drug-likeness (QED) is 0.734. The molecule has 0 radical (unpaired) electrons. The van der Waals surface area contributed by atoms with Crippen molar-refractivity contribution in [2.75, 3.05) is 33.4 Å². The number of amides is 1. The van der Waals surface area contributed by atoms with Crippen LogP contribution in [0.3, 0.4) is 0 Å². The summed E-state index contributed by atoms with van der Waals surface area (Å²) in [6, 6.07) is 6.69. The number of ether oxygens (including phenoxy) is 1. The Morgan fingerprint density at radius 3 is 2.63 bits per heavy atom. The Balaban J connectivity index is 1.53. The van der Waals surface area contributed by atoms with Crippen molar-refractivity contribution in [1.82, 2.24) is 19.2 Å². The molecule has 1 saturated heterocycles. The molecule has 2 unspecified atom stereocenters. The second kappa shape index (κ2) is 7.60. The number of imidazole rings is 1. The predicted octanol–water partition coefficient (Wildman–Crippen LogP) is 2.78. The van der Waals surface area contributed by atoms with Gasteiger partial charge in [0.2, 0.25) is 0 Å². The van der Waals surface area contributed by atoms with Crippen LogP contribution in [0.15, 0.2) is 24.4 Å². The fraction of sp³-hybridized carbons (Fsp3) is 0.619. The van der Waals surface area contributed by atoms with Crippen LogP contribution in [0.25, 0.3) is 5.52 Å². The second-order valence-electron chi connectivity index (χ2n) is 8.04. The molecule has 2 atom stereocenters. The third-order valence-corrected chi connectivity index (χ3v) is 5.87. The van der Waals surface area contributed by atoms with E-state index in [1.54, 1.807) is 7.11 Å². The van der Waals surface area contributed by atoms with E-state index in [4.69, 9.17) is 9.72 Å². The number of rotatable bonds is 6. The highest BCUT2D eigenvalue weighted by atomic mass is 16.5. The smallest absolute Gasteiger partial charge is 0.274 e. The minimum absolute atomic E-state index is 0.0702. The van der Waals surface area contributed by atoms with Gasteiger partial charge in [0.05, 0.1) is 5.52 Å². The van der Waals surface area contributed by atoms with Gasteiger partial charge >= 0.3 is 0 Å². The molecule has 1 saturated carbocycles. The van der Waals surface area contributed by atoms with Crippen molar-refractivity contribution in [3.63, 3.8) is 0 Å². The Kier molecular flexibility index (Phi) is 5.19. The molecule has 1 aliphatic heterocycles. The first kappa shape index (κ1) is 18.4. The van der Waals surface area contributed by atoms with E-state index < -0.39 is 0 Å². The van der Waals surface area contributed by atoms with Crippen LogP contribution in [0.4, 0.5) is 0 Å². The summed E-state index contributed by atoms with van der Waals surface area (Å²) in [6.07, 6.45) is 5.41. The van der Waals surface area contributed by atoms with Gasteiger partial charge in [0.15, 0.2) is 5.69 Å². The number of aromatic nitrogens is 2. The van der Waals surface area contributed by atoms with Crippen LogP contribution in [0.2, 0.25) is 0 Å². The van der Waals surface area contributed by atoms with Crippen LogP contribution in [0, 0.1) is 0 Å². The van der Waals surface area contributed by atoms with Crippen molar-refractivity contribution >= 4 is 11.4 Å². The van der Waals surface area contributed by atoms with Gasteiger partial charge in [-0.05, 0) is 45.2 Å². The van der Waals surface area contributed by atoms with E-state index in [9.17, 15) is 4.79 Å². The van der Waals surface area contributed by atoms with E-state index in [1.165, 1.54) is 12.8 Å². The molecule has 27 heavy (non-hydrogen) atoms. The van der Waals surface area contributed by atoms with Crippen molar-refractivity contribution in [1.29, 1.82) is 0 Å². The molecule has 2 aromatic rings. The summed E-state index contributed by atoms with van der Waals surface area (Å²) in [7, 11) is 1.74. The Morgan fingerprint density at radius 2 is 1.96 bits per heavy atom. The maximum atomic E-state index is 13.3. The first-order chi connectivity index (χ1) is 13.1. The van der Waals surface area contributed by atoms with Crippen molar-refractivity contribution in [3.05, 3.63) is 35.9 Å². The Morgan fingerprint density at radius 1 is 1.22 bits per heavy atom. The Hall–Kier alpha value is -1.92. The molecule has 0 spiro atoms. The summed E-state index contributed by atoms with van der Waals surface area (Å²) >= 11 is 0. The summed E-state index contributed by atoms with van der Waals surface area (Å²) in [5, 5.41) is 0. The lowest BCUT2D eigenvalue weighted by Crippen LogP contribution is -2.58. The van der Waals surface area contributed by atoms with Gasteiger partial charge in [-0.2, -0.15) is 0 Å². The largest absolute Gasteiger partial charge is 0.385 e. The molecule has 0 aromatic carbocycles. The molecule has 146 valence electrons. The summed E-state index contributed by atoms with van der Waals surface area (Å²) in [4.78, 5) is 22.6. The van der Waals surface area contributed by atoms with E-state index >= 15 is 0 Å². The number of hydrogen-bond acceptors (Lipinski definition) is 4. The topological polar surface area (TPSA) is 50.1 Å². The molecule has 3 heterocycles. The zero-order chi connectivity index (χ0) is 19.0. The normalized spacial score (nSPS) is 23.9. The van der Waals surface area contributed by atoms with Crippen LogP contribution >= 0.6 is 0 Å². The zero-order valence-corrected chi connectivity index (χ0v) is 16.6. The van der Waals surface area contributed by atoms with Gasteiger partial charge in [0.1, 0.15) is 5.82 Å². The summed E-state index contributed by atoms with van der Waals surface area (Å²) in [5.74, 6) is 1.63. The van der Waals surface area contributed by atoms with Crippen LogP contribution in [0.1, 0.15) is 55.3 Å². The number of piperazine rings is 1. The van der Waals surface area contributed by atoms with Crippen LogP contribution in [0.5, 0.6) is 0 Å². The average molecular weight is 370 g/mol. The van der Waals surface area contributed by atoms with E-state index in [0.29, 0.717) is 23.7 Å². The average Bonchev–Trinajstić information content (AvgIpc) is 3.44. The van der Waals surface area contributed by atoms with Crippen molar-refractivity contribution in [2.45, 2.75) is 51.1 Å². The predicted molar refractivity (Wildman–Crippen MR) is 105 cm³/mol. The van der Waals surface area contributed by atoms with Gasteiger partial charge in [0.25, 0.3) is 5.91 Å². The number of hydrogen-bond donors (Lipinski definition) is 0. The summed E-state index contributed by atoms with van der Waals surface area (Å²) in [5.41, 5.74) is 1.55. The summed E-state index contributed by atoms with van der Waals surface area (Å²) < 4.78 is 7.30. The molecule has 2 fully saturated rings. The van der Waals surface area contributed by atoms with Gasteiger partial charge in [-0.1, -0.05) is 6.07 Å².